The van der Waals surface area contributed by atoms with Crippen LogP contribution in [0, 0.1) is 23.0 Å². The minimum absolute atomic E-state index is 0.201. The molecule has 8 aromatic carbocycles. The van der Waals surface area contributed by atoms with E-state index in [9.17, 15) is 5.26 Å². The summed E-state index contributed by atoms with van der Waals surface area (Å²) in [4.78, 5) is 9.66. The van der Waals surface area contributed by atoms with E-state index in [2.05, 4.69) is 75.9 Å². The van der Waals surface area contributed by atoms with Crippen molar-refractivity contribution in [2.24, 2.45) is 0 Å². The van der Waals surface area contributed by atoms with Gasteiger partial charge in [-0.1, -0.05) is 140 Å². The van der Waals surface area contributed by atoms with E-state index in [1.807, 2.05) is 109 Å². The van der Waals surface area contributed by atoms with Crippen LogP contribution in [0.3, 0.4) is 0 Å². The van der Waals surface area contributed by atoms with Crippen LogP contribution in [0.1, 0.15) is 5.56 Å². The van der Waals surface area contributed by atoms with Crippen LogP contribution < -0.4 is 0 Å². The average Bonchev–Trinajstić information content (AvgIpc) is 3.89. The Balaban J connectivity index is 1.20. The molecule has 4 aromatic heterocycles. The number of hydrogen-bond donors (Lipinski definition) is 0. The highest BCUT2D eigenvalue weighted by molar-refractivity contribution is 6.13. The Kier molecular flexibility index (Phi) is 9.18. The fraction of sp³-hybridized carbons (Fsp3) is 0. The van der Waals surface area contributed by atoms with Crippen molar-refractivity contribution in [3.05, 3.63) is 230 Å². The van der Waals surface area contributed by atoms with Crippen LogP contribution in [0.2, 0.25) is 0 Å². The highest BCUT2D eigenvalue weighted by atomic mass is 19.1. The summed E-state index contributed by atoms with van der Waals surface area (Å²) in [7, 11) is 0. The molecule has 310 valence electrons. The maximum atomic E-state index is 16.9. The fourth-order valence-corrected chi connectivity index (χ4v) is 9.75. The molecule has 0 unspecified atom stereocenters. The van der Waals surface area contributed by atoms with E-state index in [0.29, 0.717) is 22.5 Å². The van der Waals surface area contributed by atoms with Crippen molar-refractivity contribution in [2.45, 2.75) is 0 Å². The summed E-state index contributed by atoms with van der Waals surface area (Å²) in [6, 6.07) is 66.7. The van der Waals surface area contributed by atoms with Gasteiger partial charge in [0.2, 0.25) is 0 Å². The van der Waals surface area contributed by atoms with Crippen LogP contribution in [-0.4, -0.2) is 19.1 Å². The second kappa shape index (κ2) is 15.7. The first kappa shape index (κ1) is 38.7. The summed E-state index contributed by atoms with van der Waals surface area (Å²) in [5.41, 5.74) is 11.8. The predicted octanol–water partition coefficient (Wildman–Crippen LogP) is 15.2. The van der Waals surface area contributed by atoms with E-state index in [-0.39, 0.29) is 5.56 Å². The third-order valence-electron chi connectivity index (χ3n) is 12.6. The van der Waals surface area contributed by atoms with E-state index in [1.54, 1.807) is 24.5 Å². The van der Waals surface area contributed by atoms with Crippen molar-refractivity contribution in [2.75, 3.05) is 0 Å². The lowest BCUT2D eigenvalue weighted by Gasteiger charge is -2.22. The molecular weight excluding hydrogens is 817 g/mol. The molecule has 0 spiro atoms. The van der Waals surface area contributed by atoms with Gasteiger partial charge in [-0.2, -0.15) is 5.26 Å². The third-order valence-corrected chi connectivity index (χ3v) is 12.6. The van der Waals surface area contributed by atoms with Gasteiger partial charge >= 0.3 is 0 Å². The monoisotopic (exact) mass is 851 g/mol. The van der Waals surface area contributed by atoms with Gasteiger partial charge in [0.25, 0.3) is 0 Å². The molecule has 5 nitrogen and oxygen atoms in total. The molecule has 0 fully saturated rings. The Labute approximate surface area is 378 Å². The fourth-order valence-electron chi connectivity index (χ4n) is 9.75. The van der Waals surface area contributed by atoms with Crippen LogP contribution in [-0.2, 0) is 0 Å². The number of hydrogen-bond acceptors (Lipinski definition) is 3. The Morgan fingerprint density at radius 1 is 0.379 bits per heavy atom. The average molecular weight is 852 g/mol. The lowest BCUT2D eigenvalue weighted by Crippen LogP contribution is -2.07. The molecule has 0 N–H and O–H groups in total. The van der Waals surface area contributed by atoms with Gasteiger partial charge in [-0.15, -0.1) is 0 Å². The van der Waals surface area contributed by atoms with E-state index in [1.165, 1.54) is 18.2 Å². The Morgan fingerprint density at radius 2 is 0.818 bits per heavy atom. The second-order valence-electron chi connectivity index (χ2n) is 16.3. The molecule has 12 rings (SSSR count). The first-order chi connectivity index (χ1) is 32.6. The molecule has 0 aliphatic heterocycles. The van der Waals surface area contributed by atoms with E-state index in [0.717, 1.165) is 88.4 Å². The van der Waals surface area contributed by atoms with E-state index in [4.69, 9.17) is 9.97 Å². The molecule has 0 bridgehead atoms. The molecular formula is C59H35F2N5. The Morgan fingerprint density at radius 3 is 1.29 bits per heavy atom. The van der Waals surface area contributed by atoms with Crippen molar-refractivity contribution in [3.8, 4) is 73.3 Å². The number of benzene rings is 8. The summed E-state index contributed by atoms with van der Waals surface area (Å²) in [6.07, 6.45) is 3.59. The van der Waals surface area contributed by atoms with Crippen LogP contribution in [0.25, 0.3) is 111 Å². The molecule has 0 atom stereocenters. The number of rotatable bonds is 7. The van der Waals surface area contributed by atoms with E-state index < -0.39 is 11.6 Å². The van der Waals surface area contributed by atoms with Crippen molar-refractivity contribution >= 4 is 43.6 Å². The number of aromatic nitrogens is 4. The van der Waals surface area contributed by atoms with Crippen LogP contribution in [0.4, 0.5) is 8.78 Å². The zero-order chi connectivity index (χ0) is 44.3. The number of nitriles is 1. The molecule has 0 saturated heterocycles. The molecule has 7 heteroatoms. The predicted molar refractivity (Wildman–Crippen MR) is 263 cm³/mol. The van der Waals surface area contributed by atoms with Gasteiger partial charge in [-0.3, -0.25) is 9.97 Å². The summed E-state index contributed by atoms with van der Waals surface area (Å²) in [5.74, 6) is -1.45. The minimum atomic E-state index is -0.726. The lowest BCUT2D eigenvalue weighted by atomic mass is 9.96. The van der Waals surface area contributed by atoms with Gasteiger partial charge in [-0.25, -0.2) is 8.78 Å². The van der Waals surface area contributed by atoms with Gasteiger partial charge in [0.1, 0.15) is 11.6 Å². The van der Waals surface area contributed by atoms with Crippen LogP contribution in [0.15, 0.2) is 213 Å². The smallest absolute Gasteiger partial charge is 0.134 e. The van der Waals surface area contributed by atoms with Gasteiger partial charge in [-0.05, 0) is 71.8 Å². The molecule has 66 heavy (non-hydrogen) atoms. The van der Waals surface area contributed by atoms with Crippen LogP contribution >= 0.6 is 0 Å². The zero-order valence-electron chi connectivity index (χ0n) is 35.2. The summed E-state index contributed by atoms with van der Waals surface area (Å²) >= 11 is 0. The maximum absolute atomic E-state index is 16.9. The quantitative estimate of drug-likeness (QED) is 0.160. The van der Waals surface area contributed by atoms with Crippen LogP contribution in [0.5, 0.6) is 0 Å². The first-order valence-electron chi connectivity index (χ1n) is 21.7. The Hall–Kier alpha value is -8.99. The molecule has 0 aliphatic rings. The molecule has 0 aliphatic carbocycles. The normalized spacial score (nSPS) is 11.5. The number of nitrogens with zero attached hydrogens (tertiary/aromatic N) is 5. The SMILES string of the molecule is N#Cc1cc(-n2c3ccccc3c3ccc(-c4cccnc4-c4ccccc4)cc32)c(-c2c(F)cccc2F)c(-n2c3ccccc3c3ccc(-c4cccnc4-c4ccccc4)cc32)c1. The van der Waals surface area contributed by atoms with Gasteiger partial charge in [0.05, 0.1) is 62.0 Å². The zero-order valence-corrected chi connectivity index (χ0v) is 35.2. The van der Waals surface area contributed by atoms with Crippen molar-refractivity contribution in [3.63, 3.8) is 0 Å². The highest BCUT2D eigenvalue weighted by Crippen LogP contribution is 2.46. The maximum Gasteiger partial charge on any atom is 0.134 e. The van der Waals surface area contributed by atoms with Crippen molar-refractivity contribution < 1.29 is 8.78 Å². The number of para-hydroxylation sites is 2. The minimum Gasteiger partial charge on any atom is -0.308 e. The summed E-state index contributed by atoms with van der Waals surface area (Å²) < 4.78 is 37.8. The molecule has 0 radical (unpaired) electrons. The third kappa shape index (κ3) is 6.19. The van der Waals surface area contributed by atoms with E-state index >= 15 is 8.78 Å². The van der Waals surface area contributed by atoms with Crippen molar-refractivity contribution in [1.82, 2.24) is 19.1 Å². The van der Waals surface area contributed by atoms with Crippen molar-refractivity contribution in [1.29, 1.82) is 5.26 Å². The number of fused-ring (bicyclic) bond motifs is 6. The standard InChI is InChI=1S/C59H35F2N5/c60-48-22-11-23-49(61)56(48)57-54(65-50-24-9-7-18-44(50)46-28-26-40(34-52(46)65)42-20-12-30-63-58(42)38-14-3-1-4-15-38)32-37(36-62)33-55(57)66-51-25-10-8-19-45(51)47-29-27-41(35-53(47)66)43-21-13-31-64-59(43)39-16-5-2-6-17-39/h1-35H. The highest BCUT2D eigenvalue weighted by Gasteiger charge is 2.27. The topological polar surface area (TPSA) is 59.4 Å². The number of pyridine rings is 2. The first-order valence-corrected chi connectivity index (χ1v) is 21.7. The molecule has 0 saturated carbocycles. The Bertz CT molecular complexity index is 3680. The molecule has 0 amide bonds. The lowest BCUT2D eigenvalue weighted by molar-refractivity contribution is 0.589. The summed E-state index contributed by atoms with van der Waals surface area (Å²) in [5, 5.41) is 14.7. The molecule has 12 aromatic rings. The van der Waals surface area contributed by atoms with Gasteiger partial charge in [0.15, 0.2) is 0 Å². The molecule has 4 heterocycles. The summed E-state index contributed by atoms with van der Waals surface area (Å²) in [6.45, 7) is 0. The second-order valence-corrected chi connectivity index (χ2v) is 16.3. The largest absolute Gasteiger partial charge is 0.308 e. The number of halogens is 2. The van der Waals surface area contributed by atoms with Gasteiger partial charge in [0, 0.05) is 61.8 Å². The van der Waals surface area contributed by atoms with Gasteiger partial charge < -0.3 is 9.13 Å².